The maximum atomic E-state index is 6.09. The molecule has 4 nitrogen and oxygen atoms in total. The number of piperidine rings is 1. The van der Waals surface area contributed by atoms with E-state index in [1.807, 2.05) is 35.0 Å². The average Bonchev–Trinajstić information content (AvgIpc) is 3.01. The molecule has 1 N–H and O–H groups in total. The normalized spacial score (nSPS) is 17.4. The molecule has 1 atom stereocenters. The van der Waals surface area contributed by atoms with Crippen molar-refractivity contribution in [2.24, 2.45) is 5.92 Å². The van der Waals surface area contributed by atoms with Crippen LogP contribution in [0.15, 0.2) is 54.6 Å². The molecule has 0 bridgehead atoms. The van der Waals surface area contributed by atoms with Crippen LogP contribution in [0.3, 0.4) is 0 Å². The molecule has 0 radical (unpaired) electrons. The number of nitrogens with zero attached hydrogens (tertiary/aromatic N) is 2. The first-order chi connectivity index (χ1) is 11.4. The minimum absolute atomic E-state index is 0. The second-order valence-corrected chi connectivity index (χ2v) is 6.09. The number of para-hydroxylation sites is 2. The molecule has 4 rings (SSSR count). The van der Waals surface area contributed by atoms with Crippen LogP contribution in [0.5, 0.6) is 5.88 Å². The molecule has 2 aromatic carbocycles. The van der Waals surface area contributed by atoms with E-state index in [9.17, 15) is 0 Å². The van der Waals surface area contributed by atoms with Gasteiger partial charge in [-0.1, -0.05) is 30.3 Å². The van der Waals surface area contributed by atoms with E-state index in [4.69, 9.17) is 9.84 Å². The lowest BCUT2D eigenvalue weighted by atomic mass is 10.0. The number of rotatable bonds is 4. The molecule has 1 fully saturated rings. The van der Waals surface area contributed by atoms with Crippen molar-refractivity contribution < 1.29 is 4.74 Å². The van der Waals surface area contributed by atoms with Crippen LogP contribution in [0.4, 0.5) is 0 Å². The van der Waals surface area contributed by atoms with E-state index in [2.05, 4.69) is 29.6 Å². The standard InChI is InChI=1S/C19H21N3O.ClH/c1-2-8-16(9-3-1)22-18-11-5-4-10-17(18)19(21-22)23-14-15-7-6-12-20-13-15;/h1-5,8-11,15,20H,6-7,12-14H2;1H/t15-;/m1./s1. The Morgan fingerprint density at radius 1 is 1.08 bits per heavy atom. The van der Waals surface area contributed by atoms with Gasteiger partial charge in [0.05, 0.1) is 23.2 Å². The van der Waals surface area contributed by atoms with Gasteiger partial charge in [-0.15, -0.1) is 17.5 Å². The molecule has 0 amide bonds. The van der Waals surface area contributed by atoms with Gasteiger partial charge in [0.25, 0.3) is 0 Å². The Labute approximate surface area is 148 Å². The number of benzene rings is 2. The number of hydrogen-bond donors (Lipinski definition) is 1. The van der Waals surface area contributed by atoms with Crippen LogP contribution in [-0.4, -0.2) is 29.5 Å². The molecule has 0 spiro atoms. The Hall–Kier alpha value is -2.04. The van der Waals surface area contributed by atoms with E-state index in [-0.39, 0.29) is 12.4 Å². The third-order valence-electron chi connectivity index (χ3n) is 4.41. The van der Waals surface area contributed by atoms with Gasteiger partial charge >= 0.3 is 0 Å². The highest BCUT2D eigenvalue weighted by Crippen LogP contribution is 2.28. The number of aromatic nitrogens is 2. The molecule has 1 aliphatic heterocycles. The molecule has 1 saturated heterocycles. The molecule has 5 heteroatoms. The zero-order valence-corrected chi connectivity index (χ0v) is 14.3. The van der Waals surface area contributed by atoms with Crippen molar-refractivity contribution in [2.75, 3.05) is 19.7 Å². The quantitative estimate of drug-likeness (QED) is 0.782. The Morgan fingerprint density at radius 2 is 1.88 bits per heavy atom. The maximum Gasteiger partial charge on any atom is 0.241 e. The zero-order chi connectivity index (χ0) is 15.5. The highest BCUT2D eigenvalue weighted by atomic mass is 35.5. The largest absolute Gasteiger partial charge is 0.476 e. The maximum absolute atomic E-state index is 6.09. The zero-order valence-electron chi connectivity index (χ0n) is 13.5. The molecule has 1 aromatic heterocycles. The Bertz CT molecular complexity index is 782. The van der Waals surface area contributed by atoms with Crippen molar-refractivity contribution in [3.05, 3.63) is 54.6 Å². The van der Waals surface area contributed by atoms with Gasteiger partial charge in [-0.05, 0) is 43.7 Å². The number of fused-ring (bicyclic) bond motifs is 1. The summed E-state index contributed by atoms with van der Waals surface area (Å²) in [5.74, 6) is 1.31. The van der Waals surface area contributed by atoms with Crippen LogP contribution in [-0.2, 0) is 0 Å². The van der Waals surface area contributed by atoms with Gasteiger partial charge in [0.1, 0.15) is 0 Å². The van der Waals surface area contributed by atoms with Crippen LogP contribution in [0.25, 0.3) is 16.6 Å². The van der Waals surface area contributed by atoms with Crippen LogP contribution in [0, 0.1) is 5.92 Å². The fourth-order valence-electron chi connectivity index (χ4n) is 3.17. The van der Waals surface area contributed by atoms with E-state index in [1.54, 1.807) is 0 Å². The summed E-state index contributed by atoms with van der Waals surface area (Å²) in [7, 11) is 0. The van der Waals surface area contributed by atoms with Crippen LogP contribution in [0.2, 0.25) is 0 Å². The summed E-state index contributed by atoms with van der Waals surface area (Å²) in [6, 6.07) is 18.4. The molecule has 1 aliphatic rings. The molecule has 0 aliphatic carbocycles. The van der Waals surface area contributed by atoms with Crippen molar-refractivity contribution in [1.29, 1.82) is 0 Å². The van der Waals surface area contributed by atoms with Crippen molar-refractivity contribution in [3.63, 3.8) is 0 Å². The second-order valence-electron chi connectivity index (χ2n) is 6.09. The Morgan fingerprint density at radius 3 is 2.67 bits per heavy atom. The van der Waals surface area contributed by atoms with Gasteiger partial charge < -0.3 is 10.1 Å². The van der Waals surface area contributed by atoms with Crippen LogP contribution < -0.4 is 10.1 Å². The van der Waals surface area contributed by atoms with Crippen molar-refractivity contribution in [3.8, 4) is 11.6 Å². The molecular weight excluding hydrogens is 322 g/mol. The van der Waals surface area contributed by atoms with Gasteiger partial charge in [0.2, 0.25) is 5.88 Å². The Balaban J connectivity index is 0.00000169. The topological polar surface area (TPSA) is 39.1 Å². The first-order valence-corrected chi connectivity index (χ1v) is 8.28. The summed E-state index contributed by atoms with van der Waals surface area (Å²) in [6.45, 7) is 2.89. The summed E-state index contributed by atoms with van der Waals surface area (Å²) in [5, 5.41) is 9.22. The van der Waals surface area contributed by atoms with E-state index in [1.165, 1.54) is 12.8 Å². The van der Waals surface area contributed by atoms with Gasteiger partial charge in [0.15, 0.2) is 0 Å². The molecular formula is C19H22ClN3O. The Kier molecular flexibility index (Phi) is 5.38. The first kappa shape index (κ1) is 16.8. The predicted octanol–water partition coefficient (Wildman–Crippen LogP) is 3.83. The molecule has 0 unspecified atom stereocenters. The number of nitrogens with one attached hydrogen (secondary N) is 1. The van der Waals surface area contributed by atoms with E-state index in [0.29, 0.717) is 5.92 Å². The smallest absolute Gasteiger partial charge is 0.241 e. The lowest BCUT2D eigenvalue weighted by Gasteiger charge is -2.22. The fourth-order valence-corrected chi connectivity index (χ4v) is 3.17. The van der Waals surface area contributed by atoms with Gasteiger partial charge in [-0.3, -0.25) is 0 Å². The number of halogens is 1. The van der Waals surface area contributed by atoms with Crippen molar-refractivity contribution in [1.82, 2.24) is 15.1 Å². The molecule has 24 heavy (non-hydrogen) atoms. The van der Waals surface area contributed by atoms with Gasteiger partial charge in [-0.25, -0.2) is 4.68 Å². The molecule has 3 aromatic rings. The van der Waals surface area contributed by atoms with Crippen molar-refractivity contribution >= 4 is 23.3 Å². The van der Waals surface area contributed by atoms with E-state index in [0.717, 1.165) is 42.2 Å². The monoisotopic (exact) mass is 343 g/mol. The van der Waals surface area contributed by atoms with Crippen LogP contribution >= 0.6 is 12.4 Å². The summed E-state index contributed by atoms with van der Waals surface area (Å²) in [5.41, 5.74) is 2.13. The lowest BCUT2D eigenvalue weighted by molar-refractivity contribution is 0.213. The minimum atomic E-state index is 0. The third kappa shape index (κ3) is 3.40. The summed E-state index contributed by atoms with van der Waals surface area (Å²) < 4.78 is 8.05. The summed E-state index contributed by atoms with van der Waals surface area (Å²) >= 11 is 0. The van der Waals surface area contributed by atoms with Crippen molar-refractivity contribution in [2.45, 2.75) is 12.8 Å². The van der Waals surface area contributed by atoms with E-state index >= 15 is 0 Å². The van der Waals surface area contributed by atoms with Gasteiger partial charge in [0, 0.05) is 12.5 Å². The third-order valence-corrected chi connectivity index (χ3v) is 4.41. The SMILES string of the molecule is Cl.c1ccc(-n2nc(OC[C@@H]3CCCNC3)c3ccccc32)cc1. The number of hydrogen-bond acceptors (Lipinski definition) is 3. The number of ether oxygens (including phenoxy) is 1. The van der Waals surface area contributed by atoms with Crippen LogP contribution in [0.1, 0.15) is 12.8 Å². The average molecular weight is 344 g/mol. The highest BCUT2D eigenvalue weighted by Gasteiger charge is 2.17. The highest BCUT2D eigenvalue weighted by molar-refractivity contribution is 5.86. The molecule has 126 valence electrons. The fraction of sp³-hybridized carbons (Fsp3) is 0.316. The lowest BCUT2D eigenvalue weighted by Crippen LogP contribution is -2.33. The van der Waals surface area contributed by atoms with E-state index < -0.39 is 0 Å². The second kappa shape index (κ2) is 7.69. The molecule has 0 saturated carbocycles. The molecule has 2 heterocycles. The summed E-state index contributed by atoms with van der Waals surface area (Å²) in [4.78, 5) is 0. The van der Waals surface area contributed by atoms with Gasteiger partial charge in [-0.2, -0.15) is 0 Å². The minimum Gasteiger partial charge on any atom is -0.476 e. The first-order valence-electron chi connectivity index (χ1n) is 8.28. The predicted molar refractivity (Wildman–Crippen MR) is 99.4 cm³/mol. The summed E-state index contributed by atoms with van der Waals surface area (Å²) in [6.07, 6.45) is 2.46.